The molecule has 0 atom stereocenters. The van der Waals surface area contributed by atoms with Crippen molar-refractivity contribution in [3.05, 3.63) is 94.6 Å². The maximum atomic E-state index is 12.7. The van der Waals surface area contributed by atoms with Crippen LogP contribution in [0.25, 0.3) is 10.9 Å². The Labute approximate surface area is 264 Å². The van der Waals surface area contributed by atoms with Gasteiger partial charge in [-0.2, -0.15) is 8.42 Å². The van der Waals surface area contributed by atoms with Crippen LogP contribution in [0, 0.1) is 6.92 Å². The van der Waals surface area contributed by atoms with E-state index in [1.807, 2.05) is 6.92 Å². The van der Waals surface area contributed by atoms with Crippen LogP contribution in [0.1, 0.15) is 26.4 Å². The highest BCUT2D eigenvalue weighted by Crippen LogP contribution is 2.20. The van der Waals surface area contributed by atoms with Crippen LogP contribution in [-0.4, -0.2) is 80.2 Å². The monoisotopic (exact) mass is 657 g/mol. The van der Waals surface area contributed by atoms with Crippen LogP contribution in [0.5, 0.6) is 0 Å². The topological polar surface area (TPSA) is 179 Å². The number of ether oxygens (including phenoxy) is 2. The van der Waals surface area contributed by atoms with Gasteiger partial charge in [-0.05, 0) is 55.5 Å². The molecule has 1 aliphatic rings. The number of hydrogen-bond donors (Lipinski definition) is 5. The average Bonchev–Trinajstić information content (AvgIpc) is 3.44. The summed E-state index contributed by atoms with van der Waals surface area (Å²) in [5.74, 6) is -1.13. The highest BCUT2D eigenvalue weighted by atomic mass is 35.5. The largest absolute Gasteiger partial charge is 0.448 e. The van der Waals surface area contributed by atoms with Crippen LogP contribution in [0.4, 0.5) is 10.5 Å². The molecular formula is C30H32ClN5O8S. The fourth-order valence-corrected chi connectivity index (χ4v) is 4.87. The number of aromatic amines is 1. The van der Waals surface area contributed by atoms with Crippen molar-refractivity contribution >= 4 is 56.2 Å². The number of para-hydroxylation sites is 1. The van der Waals surface area contributed by atoms with Crippen LogP contribution in [0.3, 0.4) is 0 Å². The normalized spacial score (nSPS) is 13.3. The second kappa shape index (κ2) is 15.5. The molecule has 5 N–H and O–H groups in total. The minimum atomic E-state index is -4.02. The lowest BCUT2D eigenvalue weighted by Gasteiger charge is -2.26. The van der Waals surface area contributed by atoms with Gasteiger partial charge in [-0.3, -0.25) is 35.2 Å². The summed E-state index contributed by atoms with van der Waals surface area (Å²) in [5, 5.41) is 3.90. The molecule has 5 rings (SSSR count). The van der Waals surface area contributed by atoms with Gasteiger partial charge in [0, 0.05) is 35.6 Å². The molecule has 0 unspecified atom stereocenters. The van der Waals surface area contributed by atoms with Crippen molar-refractivity contribution in [1.82, 2.24) is 20.7 Å². The van der Waals surface area contributed by atoms with E-state index < -0.39 is 28.0 Å². The minimum Gasteiger partial charge on any atom is -0.448 e. The predicted octanol–water partition coefficient (Wildman–Crippen LogP) is 4.02. The molecule has 0 spiro atoms. The average molecular weight is 658 g/mol. The van der Waals surface area contributed by atoms with Gasteiger partial charge in [0.25, 0.3) is 21.9 Å². The molecule has 1 aromatic heterocycles. The summed E-state index contributed by atoms with van der Waals surface area (Å²) in [4.78, 5) is 42.3. The number of halogens is 1. The Morgan fingerprint density at radius 1 is 0.978 bits per heavy atom. The third kappa shape index (κ3) is 10.0. The zero-order chi connectivity index (χ0) is 32.4. The smallest absolute Gasteiger partial charge is 0.411 e. The van der Waals surface area contributed by atoms with Crippen molar-refractivity contribution in [3.63, 3.8) is 0 Å². The van der Waals surface area contributed by atoms with E-state index in [4.69, 9.17) is 25.6 Å². The molecule has 3 aromatic carbocycles. The maximum absolute atomic E-state index is 12.7. The van der Waals surface area contributed by atoms with Crippen molar-refractivity contribution in [2.45, 2.75) is 11.8 Å². The number of hydrazine groups is 1. The number of fused-ring (bicyclic) bond motifs is 1. The third-order valence-corrected chi connectivity index (χ3v) is 7.69. The number of carbonyl (C=O) groups is 3. The van der Waals surface area contributed by atoms with E-state index in [-0.39, 0.29) is 28.4 Å². The number of aromatic nitrogens is 1. The van der Waals surface area contributed by atoms with Crippen LogP contribution in [0.2, 0.25) is 5.02 Å². The van der Waals surface area contributed by atoms with E-state index in [1.54, 1.807) is 54.6 Å². The Hall–Kier alpha value is -4.47. The Balaban J connectivity index is 0.000000354. The number of amides is 3. The molecular weight excluding hydrogens is 626 g/mol. The molecule has 0 bridgehead atoms. The van der Waals surface area contributed by atoms with Gasteiger partial charge < -0.3 is 14.5 Å². The van der Waals surface area contributed by atoms with Gasteiger partial charge in [0.15, 0.2) is 0 Å². The van der Waals surface area contributed by atoms with Crippen LogP contribution in [-0.2, 0) is 19.6 Å². The molecule has 1 fully saturated rings. The standard InChI is InChI=1S/C23H24ClN5O5.C7H8O3S/c24-16-5-6-18-15(13-16)14-20(25-18)22(31)28-27-21(30)17-3-1-2-4-19(17)26-23(32)34-12-9-29-7-10-33-11-8-29;1-6-2-4-7(5-3-6)11(8,9)10/h1-6,13-14,25H,7-12H2,(H,26,32)(H,27,30)(H,28,31);2-5H,1H3,(H,8,9,10). The van der Waals surface area contributed by atoms with E-state index in [9.17, 15) is 22.8 Å². The second-order valence-corrected chi connectivity index (χ2v) is 11.7. The number of morpholine rings is 1. The quantitative estimate of drug-likeness (QED) is 0.145. The lowest BCUT2D eigenvalue weighted by Crippen LogP contribution is -2.42. The van der Waals surface area contributed by atoms with Crippen molar-refractivity contribution in [2.75, 3.05) is 44.8 Å². The van der Waals surface area contributed by atoms with Crippen molar-refractivity contribution in [2.24, 2.45) is 0 Å². The maximum Gasteiger partial charge on any atom is 0.411 e. The van der Waals surface area contributed by atoms with Gasteiger partial charge in [-0.25, -0.2) is 4.79 Å². The summed E-state index contributed by atoms with van der Waals surface area (Å²) in [6.45, 7) is 5.59. The number of benzene rings is 3. The second-order valence-electron chi connectivity index (χ2n) is 9.87. The molecule has 3 amide bonds. The van der Waals surface area contributed by atoms with Gasteiger partial charge in [0.1, 0.15) is 12.3 Å². The number of aryl methyl sites for hydroxylation is 1. The van der Waals surface area contributed by atoms with E-state index in [0.717, 1.165) is 29.6 Å². The van der Waals surface area contributed by atoms with Crippen molar-refractivity contribution < 1.29 is 36.8 Å². The lowest BCUT2D eigenvalue weighted by molar-refractivity contribution is 0.0290. The summed E-state index contributed by atoms with van der Waals surface area (Å²) < 4.78 is 40.1. The first-order chi connectivity index (χ1) is 21.5. The highest BCUT2D eigenvalue weighted by Gasteiger charge is 2.17. The van der Waals surface area contributed by atoms with E-state index in [1.165, 1.54) is 18.2 Å². The SMILES string of the molecule is Cc1ccc(S(=O)(=O)O)cc1.O=C(Nc1ccccc1C(=O)NNC(=O)c1cc2cc(Cl)ccc2[nH]1)OCCN1CCOCC1. The molecule has 0 aliphatic carbocycles. The first-order valence-electron chi connectivity index (χ1n) is 13.8. The fourth-order valence-electron chi connectivity index (χ4n) is 4.21. The van der Waals surface area contributed by atoms with Gasteiger partial charge in [0.05, 0.1) is 29.4 Å². The zero-order valence-corrected chi connectivity index (χ0v) is 25.8. The van der Waals surface area contributed by atoms with E-state index in [2.05, 4.69) is 26.1 Å². The first kappa shape index (κ1) is 33.4. The predicted molar refractivity (Wildman–Crippen MR) is 168 cm³/mol. The fraction of sp³-hybridized carbons (Fsp3) is 0.233. The summed E-state index contributed by atoms with van der Waals surface area (Å²) in [6, 6.07) is 19.2. The van der Waals surface area contributed by atoms with Gasteiger partial charge in [-0.1, -0.05) is 41.4 Å². The Kier molecular flexibility index (Phi) is 11.5. The van der Waals surface area contributed by atoms with E-state index >= 15 is 0 Å². The number of rotatable bonds is 7. The first-order valence-corrected chi connectivity index (χ1v) is 15.6. The van der Waals surface area contributed by atoms with Crippen LogP contribution in [0.15, 0.2) is 77.7 Å². The van der Waals surface area contributed by atoms with Crippen molar-refractivity contribution in [1.29, 1.82) is 0 Å². The summed E-state index contributed by atoms with van der Waals surface area (Å²) in [7, 11) is -4.02. The summed E-state index contributed by atoms with van der Waals surface area (Å²) in [5.41, 5.74) is 7.09. The molecule has 238 valence electrons. The third-order valence-electron chi connectivity index (χ3n) is 6.59. The van der Waals surface area contributed by atoms with Crippen LogP contribution >= 0.6 is 11.6 Å². The lowest BCUT2D eigenvalue weighted by atomic mass is 10.1. The summed E-state index contributed by atoms with van der Waals surface area (Å²) in [6.07, 6.45) is -0.672. The minimum absolute atomic E-state index is 0.0666. The molecule has 1 saturated heterocycles. The number of hydrogen-bond acceptors (Lipinski definition) is 8. The van der Waals surface area contributed by atoms with Crippen LogP contribution < -0.4 is 16.2 Å². The molecule has 2 heterocycles. The summed E-state index contributed by atoms with van der Waals surface area (Å²) >= 11 is 5.98. The van der Waals surface area contributed by atoms with Gasteiger partial charge in [-0.15, -0.1) is 0 Å². The number of anilines is 1. The molecule has 13 nitrogen and oxygen atoms in total. The number of carbonyl (C=O) groups excluding carboxylic acids is 3. The molecule has 45 heavy (non-hydrogen) atoms. The number of nitrogens with one attached hydrogen (secondary N) is 4. The molecule has 0 radical (unpaired) electrons. The van der Waals surface area contributed by atoms with Crippen molar-refractivity contribution in [3.8, 4) is 0 Å². The van der Waals surface area contributed by atoms with Gasteiger partial charge in [0.2, 0.25) is 0 Å². The number of H-pyrrole nitrogens is 1. The molecule has 1 aliphatic heterocycles. The Morgan fingerprint density at radius 2 is 1.67 bits per heavy atom. The Morgan fingerprint density at radius 3 is 2.38 bits per heavy atom. The molecule has 0 saturated carbocycles. The Bertz CT molecular complexity index is 1760. The highest BCUT2D eigenvalue weighted by molar-refractivity contribution is 7.85. The van der Waals surface area contributed by atoms with E-state index in [0.29, 0.717) is 24.8 Å². The van der Waals surface area contributed by atoms with Gasteiger partial charge >= 0.3 is 6.09 Å². The molecule has 15 heteroatoms. The zero-order valence-electron chi connectivity index (χ0n) is 24.2. The number of nitrogens with zero attached hydrogens (tertiary/aromatic N) is 1. The molecule has 4 aromatic rings.